The Hall–Kier alpha value is -1.46. The summed E-state index contributed by atoms with van der Waals surface area (Å²) in [6.07, 6.45) is 1.47. The van der Waals surface area contributed by atoms with Crippen molar-refractivity contribution in [3.8, 4) is 0 Å². The number of hydrogen-bond donors (Lipinski definition) is 1. The minimum absolute atomic E-state index is 0.0691. The summed E-state index contributed by atoms with van der Waals surface area (Å²) >= 11 is 7.67. The van der Waals surface area contributed by atoms with Crippen LogP contribution in [0.4, 0.5) is 11.5 Å². The van der Waals surface area contributed by atoms with Crippen molar-refractivity contribution in [3.05, 3.63) is 55.2 Å². The van der Waals surface area contributed by atoms with Crippen LogP contribution >= 0.6 is 34.2 Å². The highest BCUT2D eigenvalue weighted by Crippen LogP contribution is 2.28. The Labute approximate surface area is 138 Å². The molecule has 0 amide bonds. The Kier molecular flexibility index (Phi) is 4.64. The first kappa shape index (κ1) is 15.9. The fourth-order valence-electron chi connectivity index (χ4n) is 1.49. The summed E-state index contributed by atoms with van der Waals surface area (Å²) in [5.41, 5.74) is -0.597. The van der Waals surface area contributed by atoms with E-state index in [1.165, 1.54) is 18.3 Å². The number of nitrogens with one attached hydrogen (secondary N) is 1. The van der Waals surface area contributed by atoms with Crippen molar-refractivity contribution in [2.75, 3.05) is 4.72 Å². The molecular formula is C11H7ClIN3O4S. The van der Waals surface area contributed by atoms with Crippen molar-refractivity contribution in [1.82, 2.24) is 4.98 Å². The van der Waals surface area contributed by atoms with E-state index >= 15 is 0 Å². The summed E-state index contributed by atoms with van der Waals surface area (Å²) in [7, 11) is -4.13. The molecule has 0 saturated heterocycles. The van der Waals surface area contributed by atoms with Gasteiger partial charge in [0.05, 0.1) is 4.92 Å². The Morgan fingerprint density at radius 1 is 1.29 bits per heavy atom. The lowest BCUT2D eigenvalue weighted by atomic mass is 10.3. The van der Waals surface area contributed by atoms with Crippen molar-refractivity contribution in [2.45, 2.75) is 4.90 Å². The van der Waals surface area contributed by atoms with E-state index in [0.717, 1.165) is 15.7 Å². The minimum atomic E-state index is -4.13. The highest BCUT2D eigenvalue weighted by Gasteiger charge is 2.26. The quantitative estimate of drug-likeness (QED) is 0.448. The van der Waals surface area contributed by atoms with Gasteiger partial charge in [-0.2, -0.15) is 0 Å². The van der Waals surface area contributed by atoms with Gasteiger partial charge in [-0.15, -0.1) is 0 Å². The molecular weight excluding hydrogens is 433 g/mol. The first-order valence-electron chi connectivity index (χ1n) is 5.38. The Morgan fingerprint density at radius 3 is 2.57 bits per heavy atom. The molecule has 0 fully saturated rings. The monoisotopic (exact) mass is 439 g/mol. The van der Waals surface area contributed by atoms with Gasteiger partial charge in [-0.3, -0.25) is 14.8 Å². The topological polar surface area (TPSA) is 102 Å². The van der Waals surface area contributed by atoms with E-state index in [-0.39, 0.29) is 10.8 Å². The van der Waals surface area contributed by atoms with Gasteiger partial charge in [0.15, 0.2) is 4.90 Å². The molecule has 0 saturated carbocycles. The fourth-order valence-corrected chi connectivity index (χ4v) is 3.14. The largest absolute Gasteiger partial charge is 0.291 e. The van der Waals surface area contributed by atoms with Gasteiger partial charge in [0, 0.05) is 20.9 Å². The smallest absolute Gasteiger partial charge is 0.263 e. The van der Waals surface area contributed by atoms with Crippen molar-refractivity contribution < 1.29 is 13.3 Å². The predicted octanol–water partition coefficient (Wildman–Crippen LogP) is 3.05. The molecule has 0 bridgehead atoms. The number of hydrogen-bond acceptors (Lipinski definition) is 5. The van der Waals surface area contributed by atoms with Crippen LogP contribution in [0, 0.1) is 13.7 Å². The maximum atomic E-state index is 12.2. The van der Waals surface area contributed by atoms with Gasteiger partial charge in [0.1, 0.15) is 5.82 Å². The SMILES string of the molecule is O=[N+]([O-])c1cc(Cl)ccc1S(=O)(=O)Nc1ccc(I)cn1. The summed E-state index contributed by atoms with van der Waals surface area (Å²) in [5.74, 6) is 0.0691. The molecule has 2 aromatic rings. The normalized spacial score (nSPS) is 11.1. The first-order chi connectivity index (χ1) is 9.79. The number of aromatic nitrogens is 1. The Balaban J connectivity index is 2.44. The Bertz CT molecular complexity index is 796. The van der Waals surface area contributed by atoms with E-state index < -0.39 is 25.5 Å². The van der Waals surface area contributed by atoms with Gasteiger partial charge in [-0.05, 0) is 46.9 Å². The standard InChI is InChI=1S/C11H7ClIN3O4S/c12-7-1-3-10(9(5-7)16(17)18)21(19,20)15-11-4-2-8(13)6-14-11/h1-6H,(H,14,15). The molecule has 110 valence electrons. The molecule has 10 heteroatoms. The molecule has 0 aliphatic heterocycles. The maximum Gasteiger partial charge on any atom is 0.291 e. The lowest BCUT2D eigenvalue weighted by Crippen LogP contribution is -2.15. The van der Waals surface area contributed by atoms with Crippen molar-refractivity contribution in [3.63, 3.8) is 0 Å². The number of pyridine rings is 1. The number of nitro groups is 1. The van der Waals surface area contributed by atoms with Crippen LogP contribution in [0.2, 0.25) is 5.02 Å². The second-order valence-corrected chi connectivity index (χ2v) is 7.17. The summed E-state index contributed by atoms with van der Waals surface area (Å²) in [4.78, 5) is 13.6. The number of anilines is 1. The van der Waals surface area contributed by atoms with Crippen LogP contribution in [0.1, 0.15) is 0 Å². The molecule has 0 spiro atoms. The maximum absolute atomic E-state index is 12.2. The second kappa shape index (κ2) is 6.12. The van der Waals surface area contributed by atoms with E-state index in [9.17, 15) is 18.5 Å². The molecule has 1 aromatic heterocycles. The van der Waals surface area contributed by atoms with Gasteiger partial charge in [0.2, 0.25) is 0 Å². The van der Waals surface area contributed by atoms with Gasteiger partial charge in [0.25, 0.3) is 15.7 Å². The highest BCUT2D eigenvalue weighted by molar-refractivity contribution is 14.1. The lowest BCUT2D eigenvalue weighted by molar-refractivity contribution is -0.387. The Morgan fingerprint density at radius 2 is 2.00 bits per heavy atom. The third-order valence-corrected chi connectivity index (χ3v) is 4.65. The third kappa shape index (κ3) is 3.80. The summed E-state index contributed by atoms with van der Waals surface area (Å²) in [5, 5.41) is 11.0. The van der Waals surface area contributed by atoms with Crippen LogP contribution in [0.15, 0.2) is 41.4 Å². The van der Waals surface area contributed by atoms with Crippen LogP contribution in [0.25, 0.3) is 0 Å². The van der Waals surface area contributed by atoms with Crippen molar-refractivity contribution >= 4 is 55.7 Å². The molecule has 0 unspecified atom stereocenters. The van der Waals surface area contributed by atoms with Crippen LogP contribution in [0.5, 0.6) is 0 Å². The molecule has 1 N–H and O–H groups in total. The van der Waals surface area contributed by atoms with Gasteiger partial charge < -0.3 is 0 Å². The van der Waals surface area contributed by atoms with Crippen molar-refractivity contribution in [2.24, 2.45) is 0 Å². The van der Waals surface area contributed by atoms with Gasteiger partial charge in [-0.25, -0.2) is 13.4 Å². The predicted molar refractivity (Wildman–Crippen MR) is 85.9 cm³/mol. The van der Waals surface area contributed by atoms with Gasteiger partial charge in [-0.1, -0.05) is 11.6 Å². The molecule has 7 nitrogen and oxygen atoms in total. The number of nitrogens with zero attached hydrogens (tertiary/aromatic N) is 2. The van der Waals surface area contributed by atoms with Crippen LogP contribution < -0.4 is 4.72 Å². The molecule has 2 rings (SSSR count). The van der Waals surface area contributed by atoms with Crippen molar-refractivity contribution in [1.29, 1.82) is 0 Å². The second-order valence-electron chi connectivity index (χ2n) is 3.84. The number of sulfonamides is 1. The first-order valence-corrected chi connectivity index (χ1v) is 8.32. The zero-order valence-electron chi connectivity index (χ0n) is 10.2. The number of benzene rings is 1. The molecule has 0 aliphatic rings. The summed E-state index contributed by atoms with van der Waals surface area (Å²) in [6, 6.07) is 6.44. The minimum Gasteiger partial charge on any atom is -0.263 e. The van der Waals surface area contributed by atoms with E-state index in [1.54, 1.807) is 6.07 Å². The molecule has 0 aliphatic carbocycles. The van der Waals surface area contributed by atoms with Crippen LogP contribution in [-0.2, 0) is 10.0 Å². The van der Waals surface area contributed by atoms with Crippen LogP contribution in [-0.4, -0.2) is 18.3 Å². The average molecular weight is 440 g/mol. The van der Waals surface area contributed by atoms with E-state index in [4.69, 9.17) is 11.6 Å². The average Bonchev–Trinajstić information content (AvgIpc) is 2.40. The molecule has 1 heterocycles. The molecule has 1 aromatic carbocycles. The van der Waals surface area contributed by atoms with Gasteiger partial charge >= 0.3 is 0 Å². The molecule has 0 atom stereocenters. The molecule has 0 radical (unpaired) electrons. The number of nitro benzene ring substituents is 1. The molecule has 21 heavy (non-hydrogen) atoms. The summed E-state index contributed by atoms with van der Waals surface area (Å²) in [6.45, 7) is 0. The zero-order chi connectivity index (χ0) is 15.6. The summed E-state index contributed by atoms with van der Waals surface area (Å²) < 4.78 is 27.5. The number of halogens is 2. The van der Waals surface area contributed by atoms with E-state index in [2.05, 4.69) is 9.71 Å². The number of rotatable bonds is 4. The van der Waals surface area contributed by atoms with E-state index in [1.807, 2.05) is 22.6 Å². The fraction of sp³-hybridized carbons (Fsp3) is 0. The zero-order valence-corrected chi connectivity index (χ0v) is 13.9. The lowest BCUT2D eigenvalue weighted by Gasteiger charge is -2.08. The van der Waals surface area contributed by atoms with E-state index in [0.29, 0.717) is 0 Å². The highest BCUT2D eigenvalue weighted by atomic mass is 127. The third-order valence-electron chi connectivity index (χ3n) is 2.37. The van der Waals surface area contributed by atoms with Crippen LogP contribution in [0.3, 0.4) is 0 Å².